The number of hydrogen-bond acceptors (Lipinski definition) is 1. The smallest absolute Gasteiger partial charge is 0.179 e. The van der Waals surface area contributed by atoms with Crippen molar-refractivity contribution < 1.29 is 0 Å². The zero-order valence-corrected chi connectivity index (χ0v) is 38.1. The van der Waals surface area contributed by atoms with Crippen LogP contribution in [0.15, 0.2) is 255 Å². The number of benzene rings is 10. The van der Waals surface area contributed by atoms with Crippen molar-refractivity contribution >= 4 is 67.7 Å². The lowest BCUT2D eigenvalue weighted by molar-refractivity contribution is 0.661. The molecular formula is C63H48N2Si. The molecule has 1 aliphatic carbocycles. The predicted molar refractivity (Wildman–Crippen MR) is 282 cm³/mol. The fourth-order valence-electron chi connectivity index (χ4n) is 11.0. The van der Waals surface area contributed by atoms with E-state index >= 15 is 0 Å². The van der Waals surface area contributed by atoms with Gasteiger partial charge in [0.05, 0.1) is 11.0 Å². The van der Waals surface area contributed by atoms with E-state index in [1.54, 1.807) is 0 Å². The fourth-order valence-corrected chi connectivity index (χ4v) is 15.8. The molecule has 3 heteroatoms. The minimum atomic E-state index is -2.68. The molecule has 0 amide bonds. The van der Waals surface area contributed by atoms with Gasteiger partial charge in [-0.15, -0.1) is 0 Å². The summed E-state index contributed by atoms with van der Waals surface area (Å²) >= 11 is 0. The highest BCUT2D eigenvalue weighted by atomic mass is 28.3. The predicted octanol–water partition coefficient (Wildman–Crippen LogP) is 13.6. The number of nitrogens with zero attached hydrogens (tertiary/aromatic N) is 2. The van der Waals surface area contributed by atoms with Crippen LogP contribution in [0.5, 0.6) is 0 Å². The van der Waals surface area contributed by atoms with Gasteiger partial charge in [0.1, 0.15) is 0 Å². The average Bonchev–Trinajstić information content (AvgIpc) is 3.83. The number of fused-ring (bicyclic) bond motifs is 6. The largest absolute Gasteiger partial charge is 0.311 e. The molecule has 0 bridgehead atoms. The van der Waals surface area contributed by atoms with Crippen LogP contribution < -0.4 is 25.6 Å². The van der Waals surface area contributed by atoms with Gasteiger partial charge in [-0.1, -0.05) is 196 Å². The van der Waals surface area contributed by atoms with E-state index < -0.39 is 8.07 Å². The third-order valence-electron chi connectivity index (χ3n) is 14.1. The second-order valence-corrected chi connectivity index (χ2v) is 21.9. The second-order valence-electron chi connectivity index (χ2n) is 18.1. The van der Waals surface area contributed by atoms with E-state index in [2.05, 4.69) is 278 Å². The molecule has 2 nitrogen and oxygen atoms in total. The summed E-state index contributed by atoms with van der Waals surface area (Å²) in [6.07, 6.45) is 0. The van der Waals surface area contributed by atoms with Crippen molar-refractivity contribution in [1.29, 1.82) is 0 Å². The quantitative estimate of drug-likeness (QED) is 0.104. The molecule has 0 radical (unpaired) electrons. The third-order valence-corrected chi connectivity index (χ3v) is 18.9. The van der Waals surface area contributed by atoms with Crippen molar-refractivity contribution in [1.82, 2.24) is 4.57 Å². The molecule has 1 aliphatic rings. The third kappa shape index (κ3) is 6.30. The Morgan fingerprint density at radius 2 is 0.788 bits per heavy atom. The van der Waals surface area contributed by atoms with Gasteiger partial charge in [0.25, 0.3) is 0 Å². The fraction of sp³-hybridized carbons (Fsp3) is 0.0476. The Morgan fingerprint density at radius 3 is 1.36 bits per heavy atom. The van der Waals surface area contributed by atoms with Crippen molar-refractivity contribution in [3.05, 3.63) is 266 Å². The summed E-state index contributed by atoms with van der Waals surface area (Å²) in [6.45, 7) is 4.84. The molecule has 0 fully saturated rings. The number of rotatable bonds is 9. The van der Waals surface area contributed by atoms with E-state index in [-0.39, 0.29) is 5.41 Å². The summed E-state index contributed by atoms with van der Waals surface area (Å²) in [5.41, 5.74) is 14.6. The highest BCUT2D eigenvalue weighted by Crippen LogP contribution is 2.50. The molecule has 10 aromatic carbocycles. The molecule has 0 atom stereocenters. The number of hydrogen-bond donors (Lipinski definition) is 0. The lowest BCUT2D eigenvalue weighted by Crippen LogP contribution is -2.74. The molecule has 0 saturated heterocycles. The van der Waals surface area contributed by atoms with E-state index in [4.69, 9.17) is 0 Å². The first-order chi connectivity index (χ1) is 32.5. The minimum Gasteiger partial charge on any atom is -0.311 e. The Labute approximate surface area is 388 Å². The highest BCUT2D eigenvalue weighted by molar-refractivity contribution is 7.19. The topological polar surface area (TPSA) is 8.17 Å². The van der Waals surface area contributed by atoms with Crippen LogP contribution in [0.3, 0.4) is 0 Å². The van der Waals surface area contributed by atoms with Crippen LogP contribution in [-0.2, 0) is 5.41 Å². The number of aromatic nitrogens is 1. The molecule has 11 aromatic rings. The SMILES string of the molecule is CC1(C)c2cc(-c3ccc4c(c3)c3ccccc3n4-c3ccc(N(c4ccccc4)c4ccccc4)cc3)ccc2-c2ccc([Si](c3ccccc3)(c3ccccc3)c3ccccc3)cc21. The van der Waals surface area contributed by atoms with Crippen molar-refractivity contribution in [3.8, 4) is 27.9 Å². The van der Waals surface area contributed by atoms with Gasteiger partial charge in [-0.2, -0.15) is 0 Å². The van der Waals surface area contributed by atoms with Crippen molar-refractivity contribution in [2.75, 3.05) is 4.90 Å². The van der Waals surface area contributed by atoms with Gasteiger partial charge < -0.3 is 9.47 Å². The highest BCUT2D eigenvalue weighted by Gasteiger charge is 2.44. The zero-order chi connectivity index (χ0) is 44.2. The Balaban J connectivity index is 0.935. The Morgan fingerprint density at radius 1 is 0.348 bits per heavy atom. The normalized spacial score (nSPS) is 12.8. The van der Waals surface area contributed by atoms with Crippen LogP contribution in [0.25, 0.3) is 49.7 Å². The van der Waals surface area contributed by atoms with Crippen LogP contribution >= 0.6 is 0 Å². The number of anilines is 3. The maximum absolute atomic E-state index is 2.68. The average molecular weight is 861 g/mol. The lowest BCUT2D eigenvalue weighted by Gasteiger charge is -2.35. The van der Waals surface area contributed by atoms with Gasteiger partial charge in [0, 0.05) is 38.9 Å². The van der Waals surface area contributed by atoms with E-state index in [1.165, 1.54) is 75.9 Å². The van der Waals surface area contributed by atoms with Gasteiger partial charge in [-0.3, -0.25) is 0 Å². The zero-order valence-electron chi connectivity index (χ0n) is 37.1. The van der Waals surface area contributed by atoms with Crippen LogP contribution in [0.4, 0.5) is 17.1 Å². The van der Waals surface area contributed by atoms with Gasteiger partial charge in [-0.05, 0) is 127 Å². The molecule has 0 unspecified atom stereocenters. The van der Waals surface area contributed by atoms with Crippen molar-refractivity contribution in [2.45, 2.75) is 19.3 Å². The van der Waals surface area contributed by atoms with Gasteiger partial charge in [-0.25, -0.2) is 0 Å². The summed E-state index contributed by atoms with van der Waals surface area (Å²) in [7, 11) is -2.68. The molecule has 314 valence electrons. The molecule has 0 aliphatic heterocycles. The molecule has 66 heavy (non-hydrogen) atoms. The number of para-hydroxylation sites is 3. The molecule has 1 aromatic heterocycles. The Hall–Kier alpha value is -7.98. The van der Waals surface area contributed by atoms with E-state index in [1.807, 2.05) is 0 Å². The molecule has 1 heterocycles. The molecule has 0 N–H and O–H groups in total. The van der Waals surface area contributed by atoms with Crippen LogP contribution in [0.1, 0.15) is 25.0 Å². The summed E-state index contributed by atoms with van der Waals surface area (Å²) in [6, 6.07) is 94.4. The van der Waals surface area contributed by atoms with Crippen LogP contribution in [0.2, 0.25) is 0 Å². The van der Waals surface area contributed by atoms with Crippen molar-refractivity contribution in [3.63, 3.8) is 0 Å². The Kier molecular flexibility index (Phi) is 9.55. The first-order valence-electron chi connectivity index (χ1n) is 23.0. The lowest BCUT2D eigenvalue weighted by atomic mass is 9.81. The summed E-state index contributed by atoms with van der Waals surface area (Å²) < 4.78 is 2.41. The Bertz CT molecular complexity index is 3390. The summed E-state index contributed by atoms with van der Waals surface area (Å²) in [5, 5.41) is 8.09. The molecule has 0 spiro atoms. The standard InChI is InChI=1S/C63H48N2Si/c1-63(2)59-43-46(32-39-55(59)56-40-38-54(44-60(56)63)66(51-24-12-5-13-25-51,52-26-14-6-15-27-52)53-28-16-7-17-29-53)45-33-41-62-58(42-45)57-30-18-19-31-61(57)65(62)50-36-34-49(35-37-50)64(47-20-8-3-9-21-47)48-22-10-4-11-23-48/h3-44H,1-2H3. The van der Waals surface area contributed by atoms with E-state index in [0.29, 0.717) is 0 Å². The van der Waals surface area contributed by atoms with Crippen LogP contribution in [-0.4, -0.2) is 12.6 Å². The van der Waals surface area contributed by atoms with Gasteiger partial charge in [0.15, 0.2) is 8.07 Å². The first-order valence-corrected chi connectivity index (χ1v) is 25.0. The van der Waals surface area contributed by atoms with Gasteiger partial charge in [0.2, 0.25) is 0 Å². The minimum absolute atomic E-state index is 0.205. The molecular weight excluding hydrogens is 813 g/mol. The molecule has 0 saturated carbocycles. The maximum Gasteiger partial charge on any atom is 0.179 e. The van der Waals surface area contributed by atoms with Gasteiger partial charge >= 0.3 is 0 Å². The van der Waals surface area contributed by atoms with Crippen LogP contribution in [0, 0.1) is 0 Å². The first kappa shape index (κ1) is 39.6. The van der Waals surface area contributed by atoms with E-state index in [0.717, 1.165) is 22.7 Å². The summed E-state index contributed by atoms with van der Waals surface area (Å²) in [5.74, 6) is 0. The maximum atomic E-state index is 2.57. The summed E-state index contributed by atoms with van der Waals surface area (Å²) in [4.78, 5) is 2.31. The van der Waals surface area contributed by atoms with Crippen molar-refractivity contribution in [2.24, 2.45) is 0 Å². The monoisotopic (exact) mass is 860 g/mol. The second kappa shape index (κ2) is 15.9. The molecule has 12 rings (SSSR count). The van der Waals surface area contributed by atoms with E-state index in [9.17, 15) is 0 Å².